The van der Waals surface area contributed by atoms with Crippen LogP contribution in [0.25, 0.3) is 0 Å². The average Bonchev–Trinajstić information content (AvgIpc) is 2.27. The molecule has 1 aliphatic carbocycles. The third-order valence-electron chi connectivity index (χ3n) is 4.46. The first-order chi connectivity index (χ1) is 8.36. The van der Waals surface area contributed by atoms with Crippen LogP contribution in [0.5, 0.6) is 0 Å². The predicted molar refractivity (Wildman–Crippen MR) is 78.8 cm³/mol. The van der Waals surface area contributed by atoms with Crippen LogP contribution in [0.1, 0.15) is 60.3 Å². The lowest BCUT2D eigenvalue weighted by Gasteiger charge is -2.43. The molecular weight excluding hydrogens is 222 g/mol. The highest BCUT2D eigenvalue weighted by atomic mass is 16.5. The van der Waals surface area contributed by atoms with E-state index in [2.05, 4.69) is 39.9 Å². The van der Waals surface area contributed by atoms with E-state index in [0.29, 0.717) is 23.4 Å². The fourth-order valence-corrected chi connectivity index (χ4v) is 3.25. The van der Waals surface area contributed by atoms with Crippen molar-refractivity contribution in [2.75, 3.05) is 13.7 Å². The number of hydrogen-bond donors (Lipinski definition) is 1. The number of methoxy groups -OCH3 is 1. The Morgan fingerprint density at radius 3 is 2.28 bits per heavy atom. The Balaban J connectivity index is 2.65. The predicted octanol–water partition coefficient (Wildman–Crippen LogP) is 3.85. The molecule has 0 aromatic carbocycles. The SMILES string of the molecule is COCC(NC1CCCCC1C(C)(C)C)C(C)C. The maximum absolute atomic E-state index is 5.37. The van der Waals surface area contributed by atoms with Gasteiger partial charge in [-0.2, -0.15) is 0 Å². The topological polar surface area (TPSA) is 21.3 Å². The van der Waals surface area contributed by atoms with Crippen LogP contribution in [-0.2, 0) is 4.74 Å². The van der Waals surface area contributed by atoms with Gasteiger partial charge in [0.2, 0.25) is 0 Å². The molecule has 3 atom stereocenters. The molecule has 1 N–H and O–H groups in total. The standard InChI is InChI=1S/C16H33NO/c1-12(2)15(11-18-6)17-14-10-8-7-9-13(14)16(3,4)5/h12-15,17H,7-11H2,1-6H3. The second kappa shape index (κ2) is 6.91. The van der Waals surface area contributed by atoms with Crippen molar-refractivity contribution >= 4 is 0 Å². The van der Waals surface area contributed by atoms with Crippen molar-refractivity contribution in [3.63, 3.8) is 0 Å². The van der Waals surface area contributed by atoms with Gasteiger partial charge in [-0.3, -0.25) is 0 Å². The summed E-state index contributed by atoms with van der Waals surface area (Å²) in [7, 11) is 1.80. The molecule has 1 aliphatic rings. The first kappa shape index (κ1) is 16.0. The summed E-state index contributed by atoms with van der Waals surface area (Å²) >= 11 is 0. The van der Waals surface area contributed by atoms with Crippen molar-refractivity contribution in [3.8, 4) is 0 Å². The van der Waals surface area contributed by atoms with Crippen molar-refractivity contribution in [2.45, 2.75) is 72.4 Å². The monoisotopic (exact) mass is 255 g/mol. The molecule has 0 saturated heterocycles. The lowest BCUT2D eigenvalue weighted by molar-refractivity contribution is 0.0887. The van der Waals surface area contributed by atoms with E-state index >= 15 is 0 Å². The lowest BCUT2D eigenvalue weighted by Crippen LogP contribution is -2.51. The number of rotatable bonds is 5. The summed E-state index contributed by atoms with van der Waals surface area (Å²) < 4.78 is 5.37. The van der Waals surface area contributed by atoms with Crippen LogP contribution < -0.4 is 5.32 Å². The fourth-order valence-electron chi connectivity index (χ4n) is 3.25. The molecule has 0 aromatic heterocycles. The first-order valence-corrected chi connectivity index (χ1v) is 7.61. The summed E-state index contributed by atoms with van der Waals surface area (Å²) in [5, 5.41) is 3.89. The van der Waals surface area contributed by atoms with Gasteiger partial charge in [0.1, 0.15) is 0 Å². The van der Waals surface area contributed by atoms with Gasteiger partial charge < -0.3 is 10.1 Å². The number of ether oxygens (including phenoxy) is 1. The van der Waals surface area contributed by atoms with E-state index in [1.54, 1.807) is 7.11 Å². The Kier molecular flexibility index (Phi) is 6.13. The first-order valence-electron chi connectivity index (χ1n) is 7.61. The van der Waals surface area contributed by atoms with Crippen LogP contribution >= 0.6 is 0 Å². The smallest absolute Gasteiger partial charge is 0.0618 e. The van der Waals surface area contributed by atoms with E-state index in [-0.39, 0.29) is 0 Å². The minimum absolute atomic E-state index is 0.409. The Morgan fingerprint density at radius 1 is 1.17 bits per heavy atom. The van der Waals surface area contributed by atoms with Gasteiger partial charge >= 0.3 is 0 Å². The molecule has 18 heavy (non-hydrogen) atoms. The Hall–Kier alpha value is -0.0800. The molecule has 0 spiro atoms. The third kappa shape index (κ3) is 4.55. The molecule has 0 heterocycles. The number of nitrogens with one attached hydrogen (secondary N) is 1. The summed E-state index contributed by atoms with van der Waals surface area (Å²) in [6.45, 7) is 12.6. The van der Waals surface area contributed by atoms with Gasteiger partial charge in [-0.05, 0) is 30.1 Å². The van der Waals surface area contributed by atoms with Crippen LogP contribution in [0, 0.1) is 17.3 Å². The minimum atomic E-state index is 0.409. The maximum Gasteiger partial charge on any atom is 0.0618 e. The Labute approximate surface area is 114 Å². The van der Waals surface area contributed by atoms with E-state index in [1.165, 1.54) is 25.7 Å². The van der Waals surface area contributed by atoms with Crippen molar-refractivity contribution < 1.29 is 4.74 Å². The summed E-state index contributed by atoms with van der Waals surface area (Å²) in [6, 6.07) is 1.16. The van der Waals surface area contributed by atoms with Crippen LogP contribution in [0.15, 0.2) is 0 Å². The maximum atomic E-state index is 5.37. The van der Waals surface area contributed by atoms with Gasteiger partial charge in [-0.15, -0.1) is 0 Å². The van der Waals surface area contributed by atoms with Gasteiger partial charge in [-0.25, -0.2) is 0 Å². The quantitative estimate of drug-likeness (QED) is 0.805. The third-order valence-corrected chi connectivity index (χ3v) is 4.46. The van der Waals surface area contributed by atoms with Crippen LogP contribution in [0.2, 0.25) is 0 Å². The Bertz CT molecular complexity index is 232. The molecule has 1 rings (SSSR count). The summed E-state index contributed by atoms with van der Waals surface area (Å²) in [5.41, 5.74) is 0.409. The van der Waals surface area contributed by atoms with Gasteiger partial charge in [0.05, 0.1) is 6.61 Å². The van der Waals surface area contributed by atoms with Crippen LogP contribution in [0.3, 0.4) is 0 Å². The van der Waals surface area contributed by atoms with Crippen molar-refractivity contribution in [2.24, 2.45) is 17.3 Å². The van der Waals surface area contributed by atoms with Crippen LogP contribution in [0.4, 0.5) is 0 Å². The molecule has 0 aliphatic heterocycles. The number of hydrogen-bond acceptors (Lipinski definition) is 2. The molecular formula is C16H33NO. The molecule has 0 bridgehead atoms. The lowest BCUT2D eigenvalue weighted by atomic mass is 9.69. The van der Waals surface area contributed by atoms with E-state index in [4.69, 9.17) is 4.74 Å². The highest BCUT2D eigenvalue weighted by Crippen LogP contribution is 2.38. The second-order valence-electron chi connectivity index (χ2n) is 7.34. The van der Waals surface area contributed by atoms with Gasteiger partial charge in [0, 0.05) is 19.2 Å². The normalized spacial score (nSPS) is 27.5. The molecule has 108 valence electrons. The highest BCUT2D eigenvalue weighted by molar-refractivity contribution is 4.90. The zero-order chi connectivity index (χ0) is 13.8. The second-order valence-corrected chi connectivity index (χ2v) is 7.34. The van der Waals surface area contributed by atoms with E-state index in [0.717, 1.165) is 12.5 Å². The largest absolute Gasteiger partial charge is 0.383 e. The molecule has 3 unspecified atom stereocenters. The van der Waals surface area contributed by atoms with Crippen molar-refractivity contribution in [1.29, 1.82) is 0 Å². The molecule has 2 nitrogen and oxygen atoms in total. The molecule has 1 fully saturated rings. The van der Waals surface area contributed by atoms with E-state index in [1.807, 2.05) is 0 Å². The van der Waals surface area contributed by atoms with Crippen molar-refractivity contribution in [1.82, 2.24) is 5.32 Å². The van der Waals surface area contributed by atoms with E-state index in [9.17, 15) is 0 Å². The van der Waals surface area contributed by atoms with Crippen LogP contribution in [-0.4, -0.2) is 25.8 Å². The summed E-state index contributed by atoms with van der Waals surface area (Å²) in [5.74, 6) is 1.43. The van der Waals surface area contributed by atoms with Gasteiger partial charge in [-0.1, -0.05) is 47.5 Å². The van der Waals surface area contributed by atoms with Gasteiger partial charge in [0.25, 0.3) is 0 Å². The average molecular weight is 255 g/mol. The summed E-state index contributed by atoms with van der Waals surface area (Å²) in [4.78, 5) is 0. The zero-order valence-corrected chi connectivity index (χ0v) is 13.3. The van der Waals surface area contributed by atoms with Crippen molar-refractivity contribution in [3.05, 3.63) is 0 Å². The molecule has 1 saturated carbocycles. The highest BCUT2D eigenvalue weighted by Gasteiger charge is 2.35. The van der Waals surface area contributed by atoms with Gasteiger partial charge in [0.15, 0.2) is 0 Å². The summed E-state index contributed by atoms with van der Waals surface area (Å²) in [6.07, 6.45) is 5.48. The molecule has 0 amide bonds. The van der Waals surface area contributed by atoms with E-state index < -0.39 is 0 Å². The zero-order valence-electron chi connectivity index (χ0n) is 13.3. The molecule has 2 heteroatoms. The molecule has 0 aromatic rings. The minimum Gasteiger partial charge on any atom is -0.383 e. The Morgan fingerprint density at radius 2 is 1.78 bits per heavy atom. The molecule has 0 radical (unpaired) electrons. The fraction of sp³-hybridized carbons (Fsp3) is 1.00.